The van der Waals surface area contributed by atoms with Crippen molar-refractivity contribution in [2.45, 2.75) is 56.5 Å². The Morgan fingerprint density at radius 2 is 2.07 bits per heavy atom. The van der Waals surface area contributed by atoms with E-state index in [0.717, 1.165) is 37.1 Å². The molecule has 2 aromatic heterocycles. The lowest BCUT2D eigenvalue weighted by Gasteiger charge is -2.30. The topological polar surface area (TPSA) is 89.9 Å². The summed E-state index contributed by atoms with van der Waals surface area (Å²) in [6.45, 7) is 11.7. The number of rotatable bonds is 6. The standard InChI is InChI=1S/C30H29F3N6O2S/c1-15-10-17(12-36-15)41-28-20-5-4-19(18-6-7-21(32)26-22(18)25(35-2)27(34)42-26)23(33)24(20)37-29(38-28)40-14-30-8-3-9-39(30)13-16(31)11-30/h4-7,15-17,36H,3,8-14,34H2,1H3/t15-,16-,17-,30+/m1/s1. The van der Waals surface area contributed by atoms with E-state index < -0.39 is 23.3 Å². The highest BCUT2D eigenvalue weighted by atomic mass is 32.1. The number of thiophene rings is 1. The van der Waals surface area contributed by atoms with Gasteiger partial charge in [-0.05, 0) is 44.0 Å². The summed E-state index contributed by atoms with van der Waals surface area (Å²) in [5, 5.41) is 4.14. The lowest BCUT2D eigenvalue weighted by molar-refractivity contribution is 0.106. The predicted octanol–water partition coefficient (Wildman–Crippen LogP) is 6.01. The van der Waals surface area contributed by atoms with Gasteiger partial charge in [0, 0.05) is 42.9 Å². The Hall–Kier alpha value is -3.66. The first-order valence-electron chi connectivity index (χ1n) is 14.1. The maximum atomic E-state index is 16.5. The van der Waals surface area contributed by atoms with E-state index in [1.54, 1.807) is 12.1 Å². The fourth-order valence-corrected chi connectivity index (χ4v) is 7.71. The molecule has 0 amide bonds. The molecule has 0 bridgehead atoms. The summed E-state index contributed by atoms with van der Waals surface area (Å²) in [4.78, 5) is 14.7. The van der Waals surface area contributed by atoms with Crippen LogP contribution in [-0.2, 0) is 0 Å². The van der Waals surface area contributed by atoms with Crippen LogP contribution in [0.2, 0.25) is 0 Å². The average Bonchev–Trinajstić information content (AvgIpc) is 3.71. The van der Waals surface area contributed by atoms with Crippen LogP contribution < -0.4 is 20.5 Å². The molecule has 12 heteroatoms. The molecule has 0 unspecified atom stereocenters. The third-order valence-electron chi connectivity index (χ3n) is 8.76. The van der Waals surface area contributed by atoms with E-state index in [2.05, 4.69) is 32.0 Å². The molecule has 3 saturated heterocycles. The first-order valence-corrected chi connectivity index (χ1v) is 14.9. The maximum Gasteiger partial charge on any atom is 0.320 e. The minimum atomic E-state index is -0.916. The largest absolute Gasteiger partial charge is 0.472 e. The molecule has 7 rings (SSSR count). The normalized spacial score (nSPS) is 25.7. The van der Waals surface area contributed by atoms with Crippen molar-refractivity contribution in [1.82, 2.24) is 20.2 Å². The van der Waals surface area contributed by atoms with E-state index >= 15 is 4.39 Å². The van der Waals surface area contributed by atoms with Gasteiger partial charge >= 0.3 is 6.01 Å². The first-order chi connectivity index (χ1) is 20.3. The van der Waals surface area contributed by atoms with Gasteiger partial charge in [0.1, 0.15) is 30.2 Å². The molecule has 4 aromatic rings. The molecule has 0 aliphatic carbocycles. The summed E-state index contributed by atoms with van der Waals surface area (Å²) in [6.07, 6.45) is 1.81. The molecule has 42 heavy (non-hydrogen) atoms. The molecule has 0 saturated carbocycles. The summed E-state index contributed by atoms with van der Waals surface area (Å²) >= 11 is 0.961. The van der Waals surface area contributed by atoms with Crippen molar-refractivity contribution >= 4 is 43.0 Å². The molecule has 0 spiro atoms. The molecule has 8 nitrogen and oxygen atoms in total. The summed E-state index contributed by atoms with van der Waals surface area (Å²) in [5.41, 5.74) is 6.13. The molecule has 5 heterocycles. The van der Waals surface area contributed by atoms with Gasteiger partial charge in [-0.1, -0.05) is 12.1 Å². The first kappa shape index (κ1) is 27.2. The van der Waals surface area contributed by atoms with E-state index in [4.69, 9.17) is 21.8 Å². The van der Waals surface area contributed by atoms with Crippen LogP contribution in [0.1, 0.15) is 32.6 Å². The molecule has 3 aliphatic heterocycles. The number of benzene rings is 2. The third-order valence-corrected chi connectivity index (χ3v) is 9.78. The van der Waals surface area contributed by atoms with Gasteiger partial charge in [0.05, 0.1) is 27.2 Å². The molecule has 3 aliphatic rings. The SMILES string of the molecule is [C-]#[N+]c1c(N)sc2c(F)ccc(-c3ccc4c(O[C@H]5CN[C@H](C)C5)nc(OC[C@@]56CCCN5C[C@H](F)C6)nc4c3F)c12. The number of ether oxygens (including phenoxy) is 2. The molecule has 0 radical (unpaired) electrons. The quantitative estimate of drug-likeness (QED) is 0.265. The molecule has 2 aromatic carbocycles. The zero-order valence-electron chi connectivity index (χ0n) is 22.9. The van der Waals surface area contributed by atoms with E-state index in [1.165, 1.54) is 12.1 Å². The number of hydrogen-bond acceptors (Lipinski definition) is 8. The highest BCUT2D eigenvalue weighted by Gasteiger charge is 2.49. The van der Waals surface area contributed by atoms with Gasteiger partial charge in [-0.15, -0.1) is 11.3 Å². The van der Waals surface area contributed by atoms with Crippen molar-refractivity contribution in [3.8, 4) is 23.0 Å². The molecule has 4 atom stereocenters. The Bertz CT molecular complexity index is 1760. The Morgan fingerprint density at radius 3 is 2.86 bits per heavy atom. The van der Waals surface area contributed by atoms with Crippen molar-refractivity contribution in [3.63, 3.8) is 0 Å². The maximum absolute atomic E-state index is 16.5. The van der Waals surface area contributed by atoms with Gasteiger partial charge < -0.3 is 20.5 Å². The van der Waals surface area contributed by atoms with Gasteiger partial charge in [0.15, 0.2) is 5.82 Å². The van der Waals surface area contributed by atoms with Gasteiger partial charge in [-0.2, -0.15) is 9.97 Å². The highest BCUT2D eigenvalue weighted by Crippen LogP contribution is 2.47. The number of alkyl halides is 1. The minimum absolute atomic E-state index is 0.0212. The fraction of sp³-hybridized carbons (Fsp3) is 0.433. The molecular formula is C30H29F3N6O2S. The highest BCUT2D eigenvalue weighted by molar-refractivity contribution is 7.23. The van der Waals surface area contributed by atoms with E-state index in [0.29, 0.717) is 30.5 Å². The van der Waals surface area contributed by atoms with E-state index in [-0.39, 0.29) is 62.5 Å². The monoisotopic (exact) mass is 594 g/mol. The number of nitrogen functional groups attached to an aromatic ring is 1. The van der Waals surface area contributed by atoms with Crippen molar-refractivity contribution in [1.29, 1.82) is 0 Å². The number of hydrogen-bond donors (Lipinski definition) is 2. The third kappa shape index (κ3) is 4.42. The second-order valence-corrected chi connectivity index (χ2v) is 12.6. The Kier molecular flexibility index (Phi) is 6.64. The smallest absolute Gasteiger partial charge is 0.320 e. The van der Waals surface area contributed by atoms with E-state index in [9.17, 15) is 8.78 Å². The van der Waals surface area contributed by atoms with Gasteiger partial charge in [-0.3, -0.25) is 4.90 Å². The van der Waals surface area contributed by atoms with Crippen LogP contribution in [0, 0.1) is 18.2 Å². The molecule has 3 fully saturated rings. The van der Waals surface area contributed by atoms with Crippen molar-refractivity contribution in [2.24, 2.45) is 0 Å². The lowest BCUT2D eigenvalue weighted by atomic mass is 9.95. The van der Waals surface area contributed by atoms with Crippen LogP contribution in [0.5, 0.6) is 11.9 Å². The average molecular weight is 595 g/mol. The Balaban J connectivity index is 1.34. The number of halogens is 3. The number of nitrogens with one attached hydrogen (secondary N) is 1. The van der Waals surface area contributed by atoms with Crippen LogP contribution in [0.4, 0.5) is 23.9 Å². The summed E-state index contributed by atoms with van der Waals surface area (Å²) in [7, 11) is 0. The fourth-order valence-electron chi connectivity index (χ4n) is 6.77. The Labute approximate surface area is 244 Å². The van der Waals surface area contributed by atoms with Crippen LogP contribution in [0.3, 0.4) is 0 Å². The second-order valence-electron chi connectivity index (χ2n) is 11.5. The number of anilines is 1. The predicted molar refractivity (Wildman–Crippen MR) is 156 cm³/mol. The van der Waals surface area contributed by atoms with Gasteiger partial charge in [0.2, 0.25) is 11.6 Å². The van der Waals surface area contributed by atoms with E-state index in [1.807, 2.05) is 0 Å². The minimum Gasteiger partial charge on any atom is -0.472 e. The van der Waals surface area contributed by atoms with Crippen LogP contribution >= 0.6 is 11.3 Å². The van der Waals surface area contributed by atoms with Crippen LogP contribution in [-0.4, -0.2) is 65.0 Å². The van der Waals surface area contributed by atoms with Crippen LogP contribution in [0.15, 0.2) is 24.3 Å². The molecule has 218 valence electrons. The number of nitrogens with zero attached hydrogens (tertiary/aromatic N) is 4. The van der Waals surface area contributed by atoms with Crippen LogP contribution in [0.25, 0.3) is 37.0 Å². The molecular weight excluding hydrogens is 565 g/mol. The second kappa shape index (κ2) is 10.3. The van der Waals surface area contributed by atoms with Gasteiger partial charge in [-0.25, -0.2) is 18.0 Å². The van der Waals surface area contributed by atoms with Crippen molar-refractivity contribution < 1.29 is 22.6 Å². The molecule has 3 N–H and O–H groups in total. The van der Waals surface area contributed by atoms with Crippen molar-refractivity contribution in [2.75, 3.05) is 32.0 Å². The summed E-state index contributed by atoms with van der Waals surface area (Å²) in [5.74, 6) is -1.01. The number of aromatic nitrogens is 2. The lowest BCUT2D eigenvalue weighted by Crippen LogP contribution is -2.43. The Morgan fingerprint density at radius 1 is 1.24 bits per heavy atom. The zero-order valence-corrected chi connectivity index (χ0v) is 23.7. The summed E-state index contributed by atoms with van der Waals surface area (Å²) in [6, 6.07) is 6.14. The van der Waals surface area contributed by atoms with Gasteiger partial charge in [0.25, 0.3) is 0 Å². The summed E-state index contributed by atoms with van der Waals surface area (Å²) < 4.78 is 58.1. The number of fused-ring (bicyclic) bond motifs is 3. The van der Waals surface area contributed by atoms with Crippen molar-refractivity contribution in [3.05, 3.63) is 47.3 Å². The number of nitrogens with two attached hydrogens (primary N) is 1. The zero-order chi connectivity index (χ0) is 29.2.